The van der Waals surface area contributed by atoms with Crippen molar-refractivity contribution in [2.75, 3.05) is 24.4 Å². The molecule has 88 valence electrons. The number of carbonyl (C=O) groups is 1. The van der Waals surface area contributed by atoms with Crippen LogP contribution in [0.3, 0.4) is 0 Å². The highest BCUT2D eigenvalue weighted by atomic mass is 32.2. The molecule has 0 aromatic heterocycles. The molecule has 0 spiro atoms. The summed E-state index contributed by atoms with van der Waals surface area (Å²) in [6.07, 6.45) is 2.64. The number of hydrogen-bond acceptors (Lipinski definition) is 2. The predicted molar refractivity (Wildman–Crippen MR) is 70.1 cm³/mol. The molecule has 1 aromatic carbocycles. The molecule has 0 bridgehead atoms. The third kappa shape index (κ3) is 2.79. The molecule has 2 rings (SSSR count). The number of benzene rings is 1. The van der Waals surface area contributed by atoms with Crippen molar-refractivity contribution >= 4 is 16.7 Å². The van der Waals surface area contributed by atoms with Gasteiger partial charge in [0.2, 0.25) is 0 Å². The third-order valence-corrected chi connectivity index (χ3v) is 5.61. The van der Waals surface area contributed by atoms with Crippen LogP contribution in [0.5, 0.6) is 5.75 Å². The molecule has 1 fully saturated rings. The summed E-state index contributed by atoms with van der Waals surface area (Å²) in [4.78, 5) is 12.0. The van der Waals surface area contributed by atoms with Crippen molar-refractivity contribution in [3.8, 4) is 5.75 Å². The van der Waals surface area contributed by atoms with E-state index in [0.29, 0.717) is 5.78 Å². The van der Waals surface area contributed by atoms with Crippen LogP contribution >= 0.6 is 10.9 Å². The van der Waals surface area contributed by atoms with Crippen molar-refractivity contribution in [3.05, 3.63) is 29.8 Å². The fourth-order valence-electron chi connectivity index (χ4n) is 2.01. The maximum absolute atomic E-state index is 12.0. The number of Topliss-reactive ketones (excluding diaryl/α,β-unsaturated/α-hetero) is 1. The molecule has 1 aliphatic heterocycles. The summed E-state index contributed by atoms with van der Waals surface area (Å²) in [5.41, 5.74) is 0.829. The Morgan fingerprint density at radius 2 is 1.88 bits per heavy atom. The fourth-order valence-corrected chi connectivity index (χ4v) is 4.48. The summed E-state index contributed by atoms with van der Waals surface area (Å²) in [6, 6.07) is 7.45. The fraction of sp³-hybridized carbons (Fsp3) is 0.462. The minimum Gasteiger partial charge on any atom is -0.497 e. The van der Waals surface area contributed by atoms with Crippen molar-refractivity contribution in [1.82, 2.24) is 0 Å². The number of ketones is 1. The zero-order valence-corrected chi connectivity index (χ0v) is 10.5. The zero-order chi connectivity index (χ0) is 11.4. The first-order valence-corrected chi connectivity index (χ1v) is 7.59. The van der Waals surface area contributed by atoms with E-state index in [2.05, 4.69) is 0 Å². The smallest absolute Gasteiger partial charge is 0.170 e. The highest BCUT2D eigenvalue weighted by Gasteiger charge is 2.15. The number of ether oxygens (including phenoxy) is 1. The molecule has 0 saturated carbocycles. The average molecular weight is 238 g/mol. The summed E-state index contributed by atoms with van der Waals surface area (Å²) >= 11 is 0. The monoisotopic (exact) mass is 238 g/mol. The summed E-state index contributed by atoms with van der Waals surface area (Å²) in [5, 5.41) is 0. The lowest BCUT2D eigenvalue weighted by molar-refractivity contribution is 0.102. The van der Waals surface area contributed by atoms with E-state index in [9.17, 15) is 4.79 Å². The molecule has 3 heteroatoms. The van der Waals surface area contributed by atoms with Crippen LogP contribution in [0.2, 0.25) is 0 Å². The average Bonchev–Trinajstić information content (AvgIpc) is 2.82. The molecule has 0 atom stereocenters. The normalized spacial score (nSPS) is 17.4. The summed E-state index contributed by atoms with van der Waals surface area (Å²) in [7, 11) is 1.64. The van der Waals surface area contributed by atoms with E-state index < -0.39 is 0 Å². The first kappa shape index (κ1) is 11.5. The van der Waals surface area contributed by atoms with Gasteiger partial charge in [-0.15, -0.1) is 0 Å². The Labute approximate surface area is 99.3 Å². The Morgan fingerprint density at radius 3 is 2.44 bits per heavy atom. The van der Waals surface area contributed by atoms with Gasteiger partial charge in [0.05, 0.1) is 7.11 Å². The molecule has 1 heterocycles. The lowest BCUT2D eigenvalue weighted by Gasteiger charge is -2.12. The van der Waals surface area contributed by atoms with Crippen molar-refractivity contribution < 1.29 is 9.53 Å². The van der Waals surface area contributed by atoms with Gasteiger partial charge in [-0.05, 0) is 48.6 Å². The number of rotatable bonds is 4. The topological polar surface area (TPSA) is 26.3 Å². The van der Waals surface area contributed by atoms with Crippen LogP contribution in [0.25, 0.3) is 0 Å². The molecule has 16 heavy (non-hydrogen) atoms. The van der Waals surface area contributed by atoms with E-state index in [4.69, 9.17) is 4.74 Å². The van der Waals surface area contributed by atoms with E-state index in [1.54, 1.807) is 7.11 Å². The molecule has 0 unspecified atom stereocenters. The standard InChI is InChI=1S/C13H18O2S/c1-15-12-6-4-11(5-7-12)13(14)10-16-8-2-3-9-16/h4-7,16H,2-3,8-10H2,1H3. The van der Waals surface area contributed by atoms with Gasteiger partial charge in [0.15, 0.2) is 5.78 Å². The number of carbonyl (C=O) groups excluding carboxylic acids is 1. The number of hydrogen-bond donors (Lipinski definition) is 1. The molecule has 2 nitrogen and oxygen atoms in total. The van der Waals surface area contributed by atoms with Crippen LogP contribution in [0, 0.1) is 0 Å². The van der Waals surface area contributed by atoms with Crippen LogP contribution in [-0.4, -0.2) is 30.2 Å². The van der Waals surface area contributed by atoms with Crippen molar-refractivity contribution in [3.63, 3.8) is 0 Å². The van der Waals surface area contributed by atoms with Crippen LogP contribution in [0.15, 0.2) is 24.3 Å². The molecule has 1 saturated heterocycles. The van der Waals surface area contributed by atoms with Crippen LogP contribution in [-0.2, 0) is 0 Å². The van der Waals surface area contributed by atoms with Gasteiger partial charge in [0.25, 0.3) is 0 Å². The highest BCUT2D eigenvalue weighted by Crippen LogP contribution is 2.34. The maximum atomic E-state index is 12.0. The Hall–Kier alpha value is -0.960. The SMILES string of the molecule is COc1ccc(C(=O)C[SH]2CCCC2)cc1. The van der Waals surface area contributed by atoms with Crippen molar-refractivity contribution in [2.24, 2.45) is 0 Å². The summed E-state index contributed by atoms with van der Waals surface area (Å²) in [5.74, 6) is 4.47. The van der Waals surface area contributed by atoms with Crippen LogP contribution in [0.4, 0.5) is 0 Å². The lowest BCUT2D eigenvalue weighted by atomic mass is 10.1. The molecular weight excluding hydrogens is 220 g/mol. The molecule has 0 N–H and O–H groups in total. The minimum absolute atomic E-state index is 0.000216. The van der Waals surface area contributed by atoms with Crippen LogP contribution in [0.1, 0.15) is 23.2 Å². The van der Waals surface area contributed by atoms with Crippen molar-refractivity contribution in [2.45, 2.75) is 12.8 Å². The van der Waals surface area contributed by atoms with E-state index in [1.807, 2.05) is 24.3 Å². The van der Waals surface area contributed by atoms with Gasteiger partial charge in [0, 0.05) is 11.3 Å². The highest BCUT2D eigenvalue weighted by molar-refractivity contribution is 8.17. The largest absolute Gasteiger partial charge is 0.497 e. The predicted octanol–water partition coefficient (Wildman–Crippen LogP) is 2.67. The van der Waals surface area contributed by atoms with E-state index in [-0.39, 0.29) is 10.9 Å². The van der Waals surface area contributed by atoms with Gasteiger partial charge < -0.3 is 4.74 Å². The van der Waals surface area contributed by atoms with Gasteiger partial charge in [0.1, 0.15) is 5.75 Å². The van der Waals surface area contributed by atoms with Crippen molar-refractivity contribution in [1.29, 1.82) is 0 Å². The quantitative estimate of drug-likeness (QED) is 0.645. The summed E-state index contributed by atoms with van der Waals surface area (Å²) in [6.45, 7) is 0. The second kappa shape index (κ2) is 5.39. The number of thiol groups is 1. The Morgan fingerprint density at radius 1 is 1.25 bits per heavy atom. The molecule has 0 radical (unpaired) electrons. The molecular formula is C13H18O2S. The Kier molecular flexibility index (Phi) is 3.88. The lowest BCUT2D eigenvalue weighted by Crippen LogP contribution is -2.06. The Bertz CT molecular complexity index is 353. The third-order valence-electron chi connectivity index (χ3n) is 2.98. The van der Waals surface area contributed by atoms with Gasteiger partial charge in [-0.1, -0.05) is 0 Å². The molecule has 0 amide bonds. The summed E-state index contributed by atoms with van der Waals surface area (Å²) < 4.78 is 5.08. The molecule has 1 aliphatic rings. The Balaban J connectivity index is 1.97. The molecule has 1 aromatic rings. The minimum atomic E-state index is -0.000216. The van der Waals surface area contributed by atoms with E-state index in [1.165, 1.54) is 24.3 Å². The van der Waals surface area contributed by atoms with Gasteiger partial charge in [-0.2, -0.15) is 0 Å². The number of methoxy groups -OCH3 is 1. The van der Waals surface area contributed by atoms with Crippen LogP contribution < -0.4 is 4.74 Å². The van der Waals surface area contributed by atoms with Gasteiger partial charge in [-0.3, -0.25) is 4.79 Å². The first-order valence-electron chi connectivity index (χ1n) is 5.69. The maximum Gasteiger partial charge on any atom is 0.170 e. The van der Waals surface area contributed by atoms with E-state index >= 15 is 0 Å². The zero-order valence-electron chi connectivity index (χ0n) is 9.61. The van der Waals surface area contributed by atoms with Gasteiger partial charge in [-0.25, -0.2) is 10.9 Å². The molecule has 0 aliphatic carbocycles. The first-order chi connectivity index (χ1) is 7.79. The van der Waals surface area contributed by atoms with E-state index in [0.717, 1.165) is 17.1 Å². The van der Waals surface area contributed by atoms with Gasteiger partial charge >= 0.3 is 0 Å². The second-order valence-corrected chi connectivity index (χ2v) is 6.69. The second-order valence-electron chi connectivity index (χ2n) is 4.13.